The fourth-order valence-corrected chi connectivity index (χ4v) is 3.31. The van der Waals surface area contributed by atoms with E-state index >= 15 is 0 Å². The summed E-state index contributed by atoms with van der Waals surface area (Å²) in [6.07, 6.45) is 5.37. The fraction of sp³-hybridized carbons (Fsp3) is 0.174. The van der Waals surface area contributed by atoms with Crippen LogP contribution in [0.5, 0.6) is 11.5 Å². The number of ether oxygens (including phenoxy) is 2. The van der Waals surface area contributed by atoms with Crippen LogP contribution in [0.15, 0.2) is 67.1 Å². The van der Waals surface area contributed by atoms with Gasteiger partial charge in [0.1, 0.15) is 5.82 Å². The largest absolute Gasteiger partial charge is 0.493 e. The molecule has 0 spiro atoms. The molecule has 0 radical (unpaired) electrons. The van der Waals surface area contributed by atoms with Crippen molar-refractivity contribution in [3.8, 4) is 17.2 Å². The smallest absolute Gasteiger partial charge is 0.256 e. The maximum Gasteiger partial charge on any atom is 0.256 e. The number of carbonyl (C=O) groups excluding carboxylic acids is 1. The van der Waals surface area contributed by atoms with Crippen LogP contribution in [0.3, 0.4) is 0 Å². The standard InChI is InChI=1S/C23H23N5O3/c1-16-13-25-27(14-16)19-9-7-17(8-10-19)23(29)26-21-11-12-24-28(21)15-18-5-4-6-20(30-2)22(18)31-3/h4-14H,15H2,1-3H3,(H,26,29). The summed E-state index contributed by atoms with van der Waals surface area (Å²) < 4.78 is 14.3. The molecule has 8 nitrogen and oxygen atoms in total. The van der Waals surface area contributed by atoms with Gasteiger partial charge in [-0.05, 0) is 42.8 Å². The van der Waals surface area contributed by atoms with Crippen molar-refractivity contribution >= 4 is 11.7 Å². The number of benzene rings is 2. The van der Waals surface area contributed by atoms with Gasteiger partial charge in [0.15, 0.2) is 11.5 Å². The lowest BCUT2D eigenvalue weighted by atomic mass is 10.2. The van der Waals surface area contributed by atoms with Crippen LogP contribution in [0.4, 0.5) is 5.82 Å². The Kier molecular flexibility index (Phi) is 5.70. The van der Waals surface area contributed by atoms with Gasteiger partial charge in [-0.1, -0.05) is 12.1 Å². The average molecular weight is 417 g/mol. The third-order valence-corrected chi connectivity index (χ3v) is 4.87. The maximum absolute atomic E-state index is 12.8. The van der Waals surface area contributed by atoms with E-state index in [-0.39, 0.29) is 5.91 Å². The summed E-state index contributed by atoms with van der Waals surface area (Å²) in [7, 11) is 3.20. The highest BCUT2D eigenvalue weighted by molar-refractivity contribution is 6.03. The van der Waals surface area contributed by atoms with Gasteiger partial charge in [0.25, 0.3) is 5.91 Å². The third kappa shape index (κ3) is 4.28. The van der Waals surface area contributed by atoms with E-state index in [1.165, 1.54) is 0 Å². The Hall–Kier alpha value is -4.07. The molecule has 0 aliphatic heterocycles. The molecule has 0 bridgehead atoms. The van der Waals surface area contributed by atoms with Gasteiger partial charge >= 0.3 is 0 Å². The molecule has 0 aliphatic carbocycles. The molecule has 8 heteroatoms. The molecule has 158 valence electrons. The number of aryl methyl sites for hydroxylation is 1. The summed E-state index contributed by atoms with van der Waals surface area (Å²) in [6.45, 7) is 2.40. The van der Waals surface area contributed by atoms with Crippen molar-refractivity contribution in [1.29, 1.82) is 0 Å². The first-order chi connectivity index (χ1) is 15.1. The molecule has 0 fully saturated rings. The molecule has 0 saturated heterocycles. The Morgan fingerprint density at radius 1 is 1.03 bits per heavy atom. The number of para-hydroxylation sites is 1. The summed E-state index contributed by atoms with van der Waals surface area (Å²) >= 11 is 0. The highest BCUT2D eigenvalue weighted by atomic mass is 16.5. The molecule has 0 atom stereocenters. The highest BCUT2D eigenvalue weighted by Crippen LogP contribution is 2.31. The normalized spacial score (nSPS) is 10.7. The summed E-state index contributed by atoms with van der Waals surface area (Å²) in [5, 5.41) is 11.5. The lowest BCUT2D eigenvalue weighted by molar-refractivity contribution is 0.102. The molecule has 0 saturated carbocycles. The minimum atomic E-state index is -0.220. The van der Waals surface area contributed by atoms with E-state index in [0.29, 0.717) is 29.4 Å². The number of carbonyl (C=O) groups is 1. The SMILES string of the molecule is COc1cccc(Cn2nccc2NC(=O)c2ccc(-n3cc(C)cn3)cc2)c1OC. The van der Waals surface area contributed by atoms with E-state index in [4.69, 9.17) is 9.47 Å². The second-order valence-corrected chi connectivity index (χ2v) is 6.99. The van der Waals surface area contributed by atoms with Crippen molar-refractivity contribution < 1.29 is 14.3 Å². The fourth-order valence-electron chi connectivity index (χ4n) is 3.31. The Morgan fingerprint density at radius 3 is 2.52 bits per heavy atom. The monoisotopic (exact) mass is 417 g/mol. The van der Waals surface area contributed by atoms with Gasteiger partial charge in [-0.2, -0.15) is 10.2 Å². The molecular formula is C23H23N5O3. The number of amides is 1. The van der Waals surface area contributed by atoms with Crippen molar-refractivity contribution in [2.45, 2.75) is 13.5 Å². The molecule has 1 amide bonds. The molecule has 2 heterocycles. The van der Waals surface area contributed by atoms with Crippen molar-refractivity contribution in [1.82, 2.24) is 19.6 Å². The molecule has 1 N–H and O–H groups in total. The Bertz CT molecular complexity index is 1190. The number of methoxy groups -OCH3 is 2. The Balaban J connectivity index is 1.50. The van der Waals surface area contributed by atoms with Gasteiger partial charge < -0.3 is 14.8 Å². The summed E-state index contributed by atoms with van der Waals surface area (Å²) in [6, 6.07) is 14.7. The summed E-state index contributed by atoms with van der Waals surface area (Å²) in [5.41, 5.74) is 3.39. The van der Waals surface area contributed by atoms with Crippen LogP contribution in [0.25, 0.3) is 5.69 Å². The van der Waals surface area contributed by atoms with Crippen LogP contribution >= 0.6 is 0 Å². The zero-order valence-corrected chi connectivity index (χ0v) is 17.6. The first-order valence-electron chi connectivity index (χ1n) is 9.74. The highest BCUT2D eigenvalue weighted by Gasteiger charge is 2.14. The van der Waals surface area contributed by atoms with Crippen LogP contribution < -0.4 is 14.8 Å². The zero-order chi connectivity index (χ0) is 21.8. The van der Waals surface area contributed by atoms with Crippen molar-refractivity contribution in [3.05, 3.63) is 83.8 Å². The van der Waals surface area contributed by atoms with Gasteiger partial charge in [-0.3, -0.25) is 4.79 Å². The average Bonchev–Trinajstić information content (AvgIpc) is 3.42. The van der Waals surface area contributed by atoms with Crippen LogP contribution in [-0.2, 0) is 6.54 Å². The molecular weight excluding hydrogens is 394 g/mol. The van der Waals surface area contributed by atoms with Crippen LogP contribution in [0, 0.1) is 6.92 Å². The molecule has 0 aliphatic rings. The molecule has 31 heavy (non-hydrogen) atoms. The van der Waals surface area contributed by atoms with Crippen LogP contribution in [-0.4, -0.2) is 39.7 Å². The van der Waals surface area contributed by atoms with Gasteiger partial charge in [0.2, 0.25) is 0 Å². The predicted octanol–water partition coefficient (Wildman–Crippen LogP) is 3.70. The van der Waals surface area contributed by atoms with E-state index in [2.05, 4.69) is 15.5 Å². The first kappa shape index (κ1) is 20.2. The van der Waals surface area contributed by atoms with Crippen molar-refractivity contribution in [2.75, 3.05) is 19.5 Å². The molecule has 4 rings (SSSR count). The molecule has 2 aromatic heterocycles. The third-order valence-electron chi connectivity index (χ3n) is 4.87. The molecule has 0 unspecified atom stereocenters. The maximum atomic E-state index is 12.8. The van der Waals surface area contributed by atoms with Crippen molar-refractivity contribution in [2.24, 2.45) is 0 Å². The number of rotatable bonds is 7. The quantitative estimate of drug-likeness (QED) is 0.496. The lowest BCUT2D eigenvalue weighted by Crippen LogP contribution is -2.16. The second-order valence-electron chi connectivity index (χ2n) is 6.99. The van der Waals surface area contributed by atoms with Gasteiger partial charge in [-0.25, -0.2) is 9.36 Å². The second kappa shape index (κ2) is 8.74. The van der Waals surface area contributed by atoms with E-state index < -0.39 is 0 Å². The topological polar surface area (TPSA) is 83.2 Å². The van der Waals surface area contributed by atoms with Crippen LogP contribution in [0.2, 0.25) is 0 Å². The number of hydrogen-bond donors (Lipinski definition) is 1. The summed E-state index contributed by atoms with van der Waals surface area (Å²) in [5.74, 6) is 1.65. The van der Waals surface area contributed by atoms with E-state index in [0.717, 1.165) is 16.8 Å². The minimum Gasteiger partial charge on any atom is -0.493 e. The number of aromatic nitrogens is 4. The zero-order valence-electron chi connectivity index (χ0n) is 17.6. The lowest BCUT2D eigenvalue weighted by Gasteiger charge is -2.14. The molecule has 4 aromatic rings. The van der Waals surface area contributed by atoms with Crippen LogP contribution in [0.1, 0.15) is 21.5 Å². The van der Waals surface area contributed by atoms with E-state index in [9.17, 15) is 4.79 Å². The number of anilines is 1. The first-order valence-corrected chi connectivity index (χ1v) is 9.74. The number of nitrogens with zero attached hydrogens (tertiary/aromatic N) is 4. The summed E-state index contributed by atoms with van der Waals surface area (Å²) in [4.78, 5) is 12.8. The Morgan fingerprint density at radius 2 is 1.84 bits per heavy atom. The van der Waals surface area contributed by atoms with Gasteiger partial charge in [-0.15, -0.1) is 0 Å². The van der Waals surface area contributed by atoms with E-state index in [1.807, 2.05) is 43.5 Å². The molecule has 2 aromatic carbocycles. The number of nitrogens with one attached hydrogen (secondary N) is 1. The Labute approximate surface area is 180 Å². The van der Waals surface area contributed by atoms with E-state index in [1.54, 1.807) is 54.2 Å². The minimum absolute atomic E-state index is 0.220. The van der Waals surface area contributed by atoms with Crippen molar-refractivity contribution in [3.63, 3.8) is 0 Å². The van der Waals surface area contributed by atoms with Gasteiger partial charge in [0.05, 0.1) is 38.8 Å². The van der Waals surface area contributed by atoms with Gasteiger partial charge in [0, 0.05) is 23.4 Å². The predicted molar refractivity (Wildman–Crippen MR) is 117 cm³/mol. The number of hydrogen-bond acceptors (Lipinski definition) is 5.